The third-order valence-corrected chi connectivity index (χ3v) is 4.93. The first-order valence-corrected chi connectivity index (χ1v) is 9.86. The maximum atomic E-state index is 11.3. The number of nitrogens with two attached hydrogens (primary N) is 1. The molecule has 3 aromatic rings. The normalized spacial score (nSPS) is 11.2. The Bertz CT molecular complexity index is 968. The second-order valence-electron chi connectivity index (χ2n) is 7.00. The summed E-state index contributed by atoms with van der Waals surface area (Å²) >= 11 is 0. The molecule has 1 heterocycles. The molecule has 0 spiro atoms. The third kappa shape index (κ3) is 5.54. The molecule has 1 aromatic heterocycles. The van der Waals surface area contributed by atoms with Crippen molar-refractivity contribution in [2.45, 2.75) is 6.54 Å². The molecule has 30 heavy (non-hydrogen) atoms. The molecule has 158 valence electrons. The molecular weight excluding hydrogens is 380 g/mol. The van der Waals surface area contributed by atoms with Crippen LogP contribution in [0.15, 0.2) is 54.7 Å². The number of urea groups is 1. The molecule has 3 rings (SSSR count). The number of nitrogens with zero attached hydrogens (tertiary/aromatic N) is 2. The lowest BCUT2D eigenvalue weighted by atomic mass is 9.98. The van der Waals surface area contributed by atoms with E-state index in [1.165, 1.54) is 0 Å². The van der Waals surface area contributed by atoms with Crippen LogP contribution in [-0.2, 0) is 16.0 Å². The van der Waals surface area contributed by atoms with E-state index in [1.54, 1.807) is 14.2 Å². The van der Waals surface area contributed by atoms with Crippen LogP contribution in [0.2, 0.25) is 0 Å². The van der Waals surface area contributed by atoms with Gasteiger partial charge in [0.2, 0.25) is 0 Å². The molecule has 0 aliphatic rings. The summed E-state index contributed by atoms with van der Waals surface area (Å²) in [4.78, 5) is 18.2. The molecule has 0 saturated carbocycles. The Kier molecular flexibility index (Phi) is 7.73. The fraction of sp³-hybridized carbons (Fsp3) is 0.304. The number of amides is 2. The number of aromatic nitrogens is 1. The molecule has 2 aromatic carbocycles. The molecule has 7 nitrogen and oxygen atoms in total. The summed E-state index contributed by atoms with van der Waals surface area (Å²) in [5.74, 6) is 0. The predicted molar refractivity (Wildman–Crippen MR) is 119 cm³/mol. The van der Waals surface area contributed by atoms with Gasteiger partial charge >= 0.3 is 6.03 Å². The van der Waals surface area contributed by atoms with E-state index in [1.807, 2.05) is 48.7 Å². The highest BCUT2D eigenvalue weighted by molar-refractivity contribution is 6.07. The quantitative estimate of drug-likeness (QED) is 0.536. The van der Waals surface area contributed by atoms with Gasteiger partial charge < -0.3 is 20.5 Å². The van der Waals surface area contributed by atoms with Gasteiger partial charge in [0.15, 0.2) is 0 Å². The number of carbonyl (C=O) groups excluding carboxylic acids is 1. The molecule has 0 atom stereocenters. The Morgan fingerprint density at radius 2 is 1.70 bits per heavy atom. The molecule has 0 fully saturated rings. The van der Waals surface area contributed by atoms with Crippen molar-refractivity contribution in [3.8, 4) is 11.1 Å². The lowest BCUT2D eigenvalue weighted by Gasteiger charge is -2.21. The molecular formula is C23H28N4O3. The van der Waals surface area contributed by atoms with Gasteiger partial charge in [0.05, 0.1) is 24.6 Å². The van der Waals surface area contributed by atoms with E-state index in [2.05, 4.69) is 21.3 Å². The molecule has 0 radical (unpaired) electrons. The highest BCUT2D eigenvalue weighted by Gasteiger charge is 2.11. The van der Waals surface area contributed by atoms with E-state index < -0.39 is 6.03 Å². The Balaban J connectivity index is 1.84. The first kappa shape index (κ1) is 21.7. The maximum Gasteiger partial charge on any atom is 0.316 e. The van der Waals surface area contributed by atoms with Crippen LogP contribution in [0.3, 0.4) is 0 Å². The number of benzene rings is 2. The van der Waals surface area contributed by atoms with Crippen molar-refractivity contribution in [1.29, 1.82) is 0 Å². The number of methoxy groups -OCH3 is 2. The monoisotopic (exact) mass is 408 g/mol. The average Bonchev–Trinajstić information content (AvgIpc) is 2.76. The standard InChI is InChI=1S/C23H28N4O3/c1-29-13-11-27(12-14-30-2)16-18-8-7-17(15-25-18)19-9-10-22(26-23(24)28)21-6-4-3-5-20(19)21/h3-10,15H,11-14,16H2,1-2H3,(H3,24,26,28). The second-order valence-corrected chi connectivity index (χ2v) is 7.00. The highest BCUT2D eigenvalue weighted by atomic mass is 16.5. The van der Waals surface area contributed by atoms with Crippen LogP contribution in [0.1, 0.15) is 5.69 Å². The van der Waals surface area contributed by atoms with Gasteiger partial charge in [-0.05, 0) is 23.1 Å². The van der Waals surface area contributed by atoms with Crippen LogP contribution in [0.5, 0.6) is 0 Å². The fourth-order valence-electron chi connectivity index (χ4n) is 3.41. The summed E-state index contributed by atoms with van der Waals surface area (Å²) in [6.45, 7) is 3.71. The van der Waals surface area contributed by atoms with E-state index in [0.29, 0.717) is 18.9 Å². The van der Waals surface area contributed by atoms with E-state index >= 15 is 0 Å². The topological polar surface area (TPSA) is 89.7 Å². The van der Waals surface area contributed by atoms with Gasteiger partial charge in [-0.3, -0.25) is 9.88 Å². The fourth-order valence-corrected chi connectivity index (χ4v) is 3.41. The van der Waals surface area contributed by atoms with E-state index in [9.17, 15) is 4.79 Å². The number of hydrogen-bond donors (Lipinski definition) is 2. The van der Waals surface area contributed by atoms with Crippen LogP contribution >= 0.6 is 0 Å². The van der Waals surface area contributed by atoms with Gasteiger partial charge in [0.1, 0.15) is 0 Å². The number of primary amides is 1. The molecule has 3 N–H and O–H groups in total. The second kappa shape index (κ2) is 10.7. The van der Waals surface area contributed by atoms with Crippen LogP contribution < -0.4 is 11.1 Å². The SMILES string of the molecule is COCCN(CCOC)Cc1ccc(-c2ccc(NC(N)=O)c3ccccc23)cn1. The minimum Gasteiger partial charge on any atom is -0.383 e. The van der Waals surface area contributed by atoms with Crippen molar-refractivity contribution in [3.63, 3.8) is 0 Å². The van der Waals surface area contributed by atoms with Gasteiger partial charge in [-0.2, -0.15) is 0 Å². The molecule has 0 aliphatic carbocycles. The van der Waals surface area contributed by atoms with Crippen LogP contribution in [0.4, 0.5) is 10.5 Å². The van der Waals surface area contributed by atoms with Crippen molar-refractivity contribution in [3.05, 3.63) is 60.4 Å². The Morgan fingerprint density at radius 3 is 2.30 bits per heavy atom. The zero-order valence-electron chi connectivity index (χ0n) is 17.4. The van der Waals surface area contributed by atoms with Crippen molar-refractivity contribution in [1.82, 2.24) is 9.88 Å². The Morgan fingerprint density at radius 1 is 1.00 bits per heavy atom. The zero-order chi connectivity index (χ0) is 21.3. The van der Waals surface area contributed by atoms with Gasteiger partial charge in [0.25, 0.3) is 0 Å². The van der Waals surface area contributed by atoms with Crippen molar-refractivity contribution in [2.24, 2.45) is 5.73 Å². The van der Waals surface area contributed by atoms with Crippen LogP contribution in [0.25, 0.3) is 21.9 Å². The number of anilines is 1. The maximum absolute atomic E-state index is 11.3. The summed E-state index contributed by atoms with van der Waals surface area (Å²) in [7, 11) is 3.41. The van der Waals surface area contributed by atoms with E-state index in [-0.39, 0.29) is 0 Å². The van der Waals surface area contributed by atoms with Crippen LogP contribution in [0, 0.1) is 0 Å². The molecule has 7 heteroatoms. The smallest absolute Gasteiger partial charge is 0.316 e. The predicted octanol–water partition coefficient (Wildman–Crippen LogP) is 3.49. The summed E-state index contributed by atoms with van der Waals surface area (Å²) in [5, 5.41) is 4.65. The number of rotatable bonds is 10. The van der Waals surface area contributed by atoms with Crippen molar-refractivity contribution >= 4 is 22.5 Å². The summed E-state index contributed by atoms with van der Waals surface area (Å²) in [5.41, 5.74) is 9.05. The highest BCUT2D eigenvalue weighted by Crippen LogP contribution is 2.33. The van der Waals surface area contributed by atoms with Gasteiger partial charge in [-0.15, -0.1) is 0 Å². The van der Waals surface area contributed by atoms with Crippen molar-refractivity contribution < 1.29 is 14.3 Å². The molecule has 0 aliphatic heterocycles. The largest absolute Gasteiger partial charge is 0.383 e. The number of nitrogens with one attached hydrogen (secondary N) is 1. The Labute approximate surface area is 176 Å². The number of pyridine rings is 1. The van der Waals surface area contributed by atoms with E-state index in [0.717, 1.165) is 47.2 Å². The van der Waals surface area contributed by atoms with Crippen LogP contribution in [-0.4, -0.2) is 56.4 Å². The summed E-state index contributed by atoms with van der Waals surface area (Å²) in [6.07, 6.45) is 1.89. The number of fused-ring (bicyclic) bond motifs is 1. The summed E-state index contributed by atoms with van der Waals surface area (Å²) < 4.78 is 10.4. The summed E-state index contributed by atoms with van der Waals surface area (Å²) in [6, 6.07) is 15.3. The minimum absolute atomic E-state index is 0.578. The minimum atomic E-state index is -0.578. The first-order valence-electron chi connectivity index (χ1n) is 9.86. The lowest BCUT2D eigenvalue weighted by molar-refractivity contribution is 0.109. The number of hydrogen-bond acceptors (Lipinski definition) is 5. The zero-order valence-corrected chi connectivity index (χ0v) is 17.4. The molecule has 0 bridgehead atoms. The van der Waals surface area contributed by atoms with Gasteiger partial charge in [-0.1, -0.05) is 36.4 Å². The number of carbonyl (C=O) groups is 1. The lowest BCUT2D eigenvalue weighted by Crippen LogP contribution is -2.30. The molecule has 0 saturated heterocycles. The number of ether oxygens (including phenoxy) is 2. The molecule has 0 unspecified atom stereocenters. The average molecular weight is 409 g/mol. The first-order chi connectivity index (χ1) is 14.6. The Hall–Kier alpha value is -3.00. The van der Waals surface area contributed by atoms with E-state index in [4.69, 9.17) is 15.2 Å². The third-order valence-electron chi connectivity index (χ3n) is 4.93. The van der Waals surface area contributed by atoms with Crippen molar-refractivity contribution in [2.75, 3.05) is 45.8 Å². The molecule has 2 amide bonds. The van der Waals surface area contributed by atoms with Gasteiger partial charge in [-0.25, -0.2) is 4.79 Å². The van der Waals surface area contributed by atoms with Gasteiger partial charge in [0, 0.05) is 51.0 Å².